The second-order valence-electron chi connectivity index (χ2n) is 3.50. The Morgan fingerprint density at radius 3 is 2.58 bits per heavy atom. The summed E-state index contributed by atoms with van der Waals surface area (Å²) in [7, 11) is -2.41. The number of nitrogens with zero attached hydrogens (tertiary/aromatic N) is 4. The first kappa shape index (κ1) is 13.0. The SMILES string of the molecule is Cn1ncnc1NS(=O)(=O)c1ccc(C(=O)O)cn1. The van der Waals surface area contributed by atoms with E-state index in [2.05, 4.69) is 19.8 Å². The summed E-state index contributed by atoms with van der Waals surface area (Å²) in [6.07, 6.45) is 2.16. The molecule has 0 aliphatic carbocycles. The average Bonchev–Trinajstić information content (AvgIpc) is 2.74. The number of hydrogen-bond acceptors (Lipinski definition) is 6. The van der Waals surface area contributed by atoms with E-state index in [4.69, 9.17) is 5.11 Å². The molecule has 9 nitrogen and oxygen atoms in total. The van der Waals surface area contributed by atoms with E-state index in [0.29, 0.717) is 0 Å². The third kappa shape index (κ3) is 2.68. The van der Waals surface area contributed by atoms with E-state index in [0.717, 1.165) is 18.3 Å². The molecule has 2 heterocycles. The van der Waals surface area contributed by atoms with E-state index in [-0.39, 0.29) is 16.5 Å². The van der Waals surface area contributed by atoms with Crippen LogP contribution in [0.15, 0.2) is 29.7 Å². The molecule has 0 spiro atoms. The maximum absolute atomic E-state index is 11.9. The lowest BCUT2D eigenvalue weighted by atomic mass is 10.3. The van der Waals surface area contributed by atoms with Crippen LogP contribution >= 0.6 is 0 Å². The molecular weight excluding hydrogens is 274 g/mol. The minimum absolute atomic E-state index is 0.0316. The summed E-state index contributed by atoms with van der Waals surface area (Å²) in [5.74, 6) is -1.15. The summed E-state index contributed by atoms with van der Waals surface area (Å²) in [5, 5.41) is 12.1. The number of aromatic nitrogens is 4. The molecule has 19 heavy (non-hydrogen) atoms. The van der Waals surface area contributed by atoms with E-state index in [1.165, 1.54) is 18.1 Å². The number of aromatic carboxylic acids is 1. The zero-order valence-electron chi connectivity index (χ0n) is 9.68. The summed E-state index contributed by atoms with van der Waals surface area (Å²) in [6, 6.07) is 2.25. The number of anilines is 1. The first-order valence-corrected chi connectivity index (χ1v) is 6.44. The summed E-state index contributed by atoms with van der Waals surface area (Å²) >= 11 is 0. The van der Waals surface area contributed by atoms with Gasteiger partial charge in [-0.3, -0.25) is 0 Å². The predicted octanol–water partition coefficient (Wildman–Crippen LogP) is -0.291. The van der Waals surface area contributed by atoms with Crippen molar-refractivity contribution in [2.75, 3.05) is 4.72 Å². The van der Waals surface area contributed by atoms with Gasteiger partial charge in [0.15, 0.2) is 5.03 Å². The Hall–Kier alpha value is -2.49. The molecule has 0 aliphatic heterocycles. The molecular formula is C9H9N5O4S. The second-order valence-corrected chi connectivity index (χ2v) is 5.13. The molecule has 2 N–H and O–H groups in total. The van der Waals surface area contributed by atoms with Gasteiger partial charge in [-0.15, -0.1) is 0 Å². The first-order valence-electron chi connectivity index (χ1n) is 4.96. The normalized spacial score (nSPS) is 11.2. The highest BCUT2D eigenvalue weighted by atomic mass is 32.2. The van der Waals surface area contributed by atoms with Gasteiger partial charge in [0.1, 0.15) is 6.33 Å². The number of carboxylic acids is 1. The molecule has 2 aromatic heterocycles. The first-order chi connectivity index (χ1) is 8.90. The van der Waals surface area contributed by atoms with Crippen LogP contribution in [0.5, 0.6) is 0 Å². The smallest absolute Gasteiger partial charge is 0.337 e. The fraction of sp³-hybridized carbons (Fsp3) is 0.111. The van der Waals surface area contributed by atoms with E-state index in [1.54, 1.807) is 0 Å². The highest BCUT2D eigenvalue weighted by molar-refractivity contribution is 7.92. The molecule has 0 saturated carbocycles. The molecule has 0 aliphatic rings. The monoisotopic (exact) mass is 283 g/mol. The summed E-state index contributed by atoms with van der Waals surface area (Å²) < 4.78 is 27.3. The van der Waals surface area contributed by atoms with E-state index >= 15 is 0 Å². The Kier molecular flexibility index (Phi) is 3.17. The number of carboxylic acid groups (broad SMARTS) is 1. The van der Waals surface area contributed by atoms with Crippen LogP contribution in [0.3, 0.4) is 0 Å². The van der Waals surface area contributed by atoms with Crippen molar-refractivity contribution >= 4 is 21.9 Å². The van der Waals surface area contributed by atoms with E-state index < -0.39 is 16.0 Å². The van der Waals surface area contributed by atoms with Gasteiger partial charge in [-0.2, -0.15) is 18.5 Å². The lowest BCUT2D eigenvalue weighted by Gasteiger charge is -2.05. The van der Waals surface area contributed by atoms with Crippen LogP contribution in [0.4, 0.5) is 5.95 Å². The fourth-order valence-corrected chi connectivity index (χ4v) is 2.20. The van der Waals surface area contributed by atoms with Crippen LogP contribution in [0.2, 0.25) is 0 Å². The van der Waals surface area contributed by atoms with Crippen molar-refractivity contribution in [3.63, 3.8) is 0 Å². The van der Waals surface area contributed by atoms with Crippen LogP contribution < -0.4 is 4.72 Å². The maximum atomic E-state index is 11.9. The molecule has 0 aromatic carbocycles. The third-order valence-corrected chi connectivity index (χ3v) is 3.44. The Labute approximate surface area is 108 Å². The minimum atomic E-state index is -3.93. The predicted molar refractivity (Wildman–Crippen MR) is 63.0 cm³/mol. The average molecular weight is 283 g/mol. The quantitative estimate of drug-likeness (QED) is 0.789. The molecule has 10 heteroatoms. The van der Waals surface area contributed by atoms with Crippen LogP contribution in [0.25, 0.3) is 0 Å². The van der Waals surface area contributed by atoms with Crippen molar-refractivity contribution in [2.24, 2.45) is 7.05 Å². The van der Waals surface area contributed by atoms with Gasteiger partial charge in [-0.25, -0.2) is 19.2 Å². The van der Waals surface area contributed by atoms with Crippen LogP contribution in [-0.4, -0.2) is 39.2 Å². The highest BCUT2D eigenvalue weighted by Gasteiger charge is 2.18. The fourth-order valence-electron chi connectivity index (χ4n) is 1.23. The molecule has 2 rings (SSSR count). The van der Waals surface area contributed by atoms with Crippen molar-refractivity contribution < 1.29 is 18.3 Å². The van der Waals surface area contributed by atoms with Gasteiger partial charge in [0.05, 0.1) is 5.56 Å². The van der Waals surface area contributed by atoms with Gasteiger partial charge in [-0.05, 0) is 12.1 Å². The molecule has 0 unspecified atom stereocenters. The minimum Gasteiger partial charge on any atom is -0.478 e. The Bertz CT molecular complexity index is 706. The standard InChI is InChI=1S/C9H9N5O4S/c1-14-9(11-5-12-14)13-19(17,18)7-3-2-6(4-10-7)8(15)16/h2-5H,1H3,(H,15,16)(H,11,12,13). The molecule has 0 fully saturated rings. The lowest BCUT2D eigenvalue weighted by molar-refractivity contribution is 0.0696. The zero-order valence-corrected chi connectivity index (χ0v) is 10.5. The summed E-state index contributed by atoms with van der Waals surface area (Å²) in [6.45, 7) is 0. The van der Waals surface area contributed by atoms with Crippen molar-refractivity contribution in [2.45, 2.75) is 5.03 Å². The topological polar surface area (TPSA) is 127 Å². The Balaban J connectivity index is 2.29. The van der Waals surface area contributed by atoms with Crippen LogP contribution in [0.1, 0.15) is 10.4 Å². The number of hydrogen-bond donors (Lipinski definition) is 2. The van der Waals surface area contributed by atoms with Crippen molar-refractivity contribution in [3.05, 3.63) is 30.2 Å². The second kappa shape index (κ2) is 4.65. The molecule has 0 radical (unpaired) electrons. The van der Waals surface area contributed by atoms with Gasteiger partial charge in [0.25, 0.3) is 10.0 Å². The maximum Gasteiger partial charge on any atom is 0.337 e. The lowest BCUT2D eigenvalue weighted by Crippen LogP contribution is -2.17. The summed E-state index contributed by atoms with van der Waals surface area (Å²) in [4.78, 5) is 17.9. The number of carbonyl (C=O) groups is 1. The van der Waals surface area contributed by atoms with Crippen molar-refractivity contribution in [1.82, 2.24) is 19.7 Å². The Morgan fingerprint density at radius 1 is 1.37 bits per heavy atom. The molecule has 0 bridgehead atoms. The van der Waals surface area contributed by atoms with Gasteiger partial charge in [-0.1, -0.05) is 0 Å². The highest BCUT2D eigenvalue weighted by Crippen LogP contribution is 2.11. The molecule has 100 valence electrons. The van der Waals surface area contributed by atoms with Crippen LogP contribution in [-0.2, 0) is 17.1 Å². The number of pyridine rings is 1. The van der Waals surface area contributed by atoms with E-state index in [9.17, 15) is 13.2 Å². The number of rotatable bonds is 4. The number of sulfonamides is 1. The third-order valence-electron chi connectivity index (χ3n) is 2.20. The molecule has 2 aromatic rings. The molecule has 0 saturated heterocycles. The number of nitrogens with one attached hydrogen (secondary N) is 1. The number of aryl methyl sites for hydroxylation is 1. The van der Waals surface area contributed by atoms with Gasteiger partial charge >= 0.3 is 5.97 Å². The van der Waals surface area contributed by atoms with Gasteiger partial charge in [0.2, 0.25) is 5.95 Å². The van der Waals surface area contributed by atoms with Gasteiger partial charge in [0, 0.05) is 13.2 Å². The Morgan fingerprint density at radius 2 is 2.11 bits per heavy atom. The molecule has 0 atom stereocenters. The molecule has 0 amide bonds. The van der Waals surface area contributed by atoms with E-state index in [1.807, 2.05) is 0 Å². The van der Waals surface area contributed by atoms with Crippen LogP contribution in [0, 0.1) is 0 Å². The largest absolute Gasteiger partial charge is 0.478 e. The van der Waals surface area contributed by atoms with Crippen molar-refractivity contribution in [1.29, 1.82) is 0 Å². The zero-order chi connectivity index (χ0) is 14.0. The van der Waals surface area contributed by atoms with Gasteiger partial charge < -0.3 is 5.11 Å². The van der Waals surface area contributed by atoms with Crippen molar-refractivity contribution in [3.8, 4) is 0 Å². The summed E-state index contributed by atoms with van der Waals surface area (Å²) in [5.41, 5.74) is -0.0994.